The molecular weight excluding hydrogens is 401 g/mol. The zero-order valence-electron chi connectivity index (χ0n) is 12.7. The maximum absolute atomic E-state index is 12.9. The molecule has 0 unspecified atom stereocenters. The van der Waals surface area contributed by atoms with Crippen molar-refractivity contribution in [2.24, 2.45) is 0 Å². The van der Waals surface area contributed by atoms with Gasteiger partial charge in [-0.3, -0.25) is 9.78 Å². The van der Waals surface area contributed by atoms with Gasteiger partial charge >= 0.3 is 6.18 Å². The summed E-state index contributed by atoms with van der Waals surface area (Å²) in [4.78, 5) is 19.6. The molecule has 0 radical (unpaired) electrons. The second kappa shape index (κ2) is 6.83. The molecule has 0 spiro atoms. The minimum absolute atomic E-state index is 0.000761. The first-order chi connectivity index (χ1) is 11.8. The highest BCUT2D eigenvalue weighted by molar-refractivity contribution is 9.10. The summed E-state index contributed by atoms with van der Waals surface area (Å²) >= 11 is 3.34. The van der Waals surface area contributed by atoms with Gasteiger partial charge in [0.15, 0.2) is 0 Å². The summed E-state index contributed by atoms with van der Waals surface area (Å²) in [6, 6.07) is 6.31. The van der Waals surface area contributed by atoms with Crippen LogP contribution in [-0.4, -0.2) is 20.3 Å². The second-order valence-electron chi connectivity index (χ2n) is 5.29. The quantitative estimate of drug-likeness (QED) is 0.714. The van der Waals surface area contributed by atoms with Crippen molar-refractivity contribution in [1.82, 2.24) is 19.7 Å². The van der Waals surface area contributed by atoms with Crippen molar-refractivity contribution in [3.8, 4) is 0 Å². The zero-order valence-corrected chi connectivity index (χ0v) is 14.3. The van der Waals surface area contributed by atoms with Crippen molar-refractivity contribution >= 4 is 27.5 Å². The summed E-state index contributed by atoms with van der Waals surface area (Å²) in [5.41, 5.74) is 0.243. The van der Waals surface area contributed by atoms with Gasteiger partial charge in [-0.15, -0.1) is 0 Å². The summed E-state index contributed by atoms with van der Waals surface area (Å²) < 4.78 is 41.3. The van der Waals surface area contributed by atoms with Crippen LogP contribution < -0.4 is 5.32 Å². The Morgan fingerprint density at radius 1 is 1.24 bits per heavy atom. The molecule has 0 bridgehead atoms. The van der Waals surface area contributed by atoms with Gasteiger partial charge in [0.25, 0.3) is 0 Å². The first kappa shape index (κ1) is 17.4. The summed E-state index contributed by atoms with van der Waals surface area (Å²) in [6.45, 7) is -0.248. The largest absolute Gasteiger partial charge is 0.433 e. The SMILES string of the molecule is O=C(Cc1cnc2ccc(Br)cn12)NCc1cccnc1C(F)(F)F. The Labute approximate surface area is 149 Å². The van der Waals surface area contributed by atoms with Crippen LogP contribution in [0.2, 0.25) is 0 Å². The molecule has 9 heteroatoms. The topological polar surface area (TPSA) is 59.3 Å². The van der Waals surface area contributed by atoms with Crippen molar-refractivity contribution < 1.29 is 18.0 Å². The molecule has 0 saturated carbocycles. The van der Waals surface area contributed by atoms with E-state index in [4.69, 9.17) is 0 Å². The fourth-order valence-electron chi connectivity index (χ4n) is 2.39. The van der Waals surface area contributed by atoms with Crippen LogP contribution in [0.15, 0.2) is 47.3 Å². The molecular formula is C16H12BrF3N4O. The molecule has 0 aromatic carbocycles. The summed E-state index contributed by atoms with van der Waals surface area (Å²) in [5, 5.41) is 2.50. The Balaban J connectivity index is 1.70. The average Bonchev–Trinajstić information content (AvgIpc) is 2.94. The number of carbonyl (C=O) groups excluding carboxylic acids is 1. The van der Waals surface area contributed by atoms with Crippen LogP contribution in [0.3, 0.4) is 0 Å². The Bertz CT molecular complexity index is 923. The standard InChI is InChI=1S/C16H12BrF3N4O/c17-11-3-4-13-22-8-12(24(13)9-11)6-14(25)23-7-10-2-1-5-21-15(10)16(18,19)20/h1-5,8-9H,6-7H2,(H,23,25). The monoisotopic (exact) mass is 412 g/mol. The molecule has 3 heterocycles. The number of carbonyl (C=O) groups is 1. The molecule has 0 saturated heterocycles. The van der Waals surface area contributed by atoms with Gasteiger partial charge in [-0.05, 0) is 34.1 Å². The number of imidazole rings is 1. The Morgan fingerprint density at radius 3 is 2.80 bits per heavy atom. The minimum Gasteiger partial charge on any atom is -0.352 e. The molecule has 0 aliphatic heterocycles. The highest BCUT2D eigenvalue weighted by Gasteiger charge is 2.34. The third-order valence-corrected chi connectivity index (χ3v) is 3.99. The van der Waals surface area contributed by atoms with Crippen molar-refractivity contribution in [3.05, 3.63) is 64.3 Å². The van der Waals surface area contributed by atoms with Gasteiger partial charge < -0.3 is 9.72 Å². The lowest BCUT2D eigenvalue weighted by Crippen LogP contribution is -2.26. The molecule has 0 aliphatic carbocycles. The molecule has 0 fully saturated rings. The highest BCUT2D eigenvalue weighted by atomic mass is 79.9. The number of hydrogen-bond acceptors (Lipinski definition) is 3. The Hall–Kier alpha value is -2.42. The number of rotatable bonds is 4. The van der Waals surface area contributed by atoms with Crippen LogP contribution >= 0.6 is 15.9 Å². The molecule has 3 aromatic rings. The van der Waals surface area contributed by atoms with Gasteiger partial charge in [0, 0.05) is 35.2 Å². The van der Waals surface area contributed by atoms with E-state index in [2.05, 4.69) is 31.2 Å². The minimum atomic E-state index is -4.56. The number of amides is 1. The Morgan fingerprint density at radius 2 is 2.04 bits per heavy atom. The normalized spacial score (nSPS) is 11.7. The highest BCUT2D eigenvalue weighted by Crippen LogP contribution is 2.29. The number of pyridine rings is 2. The average molecular weight is 413 g/mol. The third kappa shape index (κ3) is 3.98. The fraction of sp³-hybridized carbons (Fsp3) is 0.188. The second-order valence-corrected chi connectivity index (χ2v) is 6.20. The van der Waals surface area contributed by atoms with Crippen molar-refractivity contribution in [2.75, 3.05) is 0 Å². The van der Waals surface area contributed by atoms with Gasteiger partial charge in [-0.2, -0.15) is 13.2 Å². The van der Waals surface area contributed by atoms with Crippen LogP contribution in [0.4, 0.5) is 13.2 Å². The molecule has 3 aromatic heterocycles. The van der Waals surface area contributed by atoms with Crippen molar-refractivity contribution in [2.45, 2.75) is 19.1 Å². The molecule has 130 valence electrons. The summed E-state index contributed by atoms with van der Waals surface area (Å²) in [6.07, 6.45) is -0.153. The van der Waals surface area contributed by atoms with Crippen LogP contribution in [-0.2, 0) is 23.9 Å². The number of alkyl halides is 3. The van der Waals surface area contributed by atoms with Crippen LogP contribution in [0.1, 0.15) is 17.0 Å². The maximum atomic E-state index is 12.9. The Kier molecular flexibility index (Phi) is 4.76. The lowest BCUT2D eigenvalue weighted by Gasteiger charge is -2.12. The van der Waals surface area contributed by atoms with Crippen LogP contribution in [0.5, 0.6) is 0 Å². The molecule has 1 N–H and O–H groups in total. The smallest absolute Gasteiger partial charge is 0.352 e. The molecule has 1 amide bonds. The molecule has 3 rings (SSSR count). The summed E-state index contributed by atoms with van der Waals surface area (Å²) in [5.74, 6) is -0.404. The van der Waals surface area contributed by atoms with Gasteiger partial charge in [-0.25, -0.2) is 4.98 Å². The third-order valence-electron chi connectivity index (χ3n) is 3.52. The first-order valence-corrected chi connectivity index (χ1v) is 8.03. The van der Waals surface area contributed by atoms with E-state index >= 15 is 0 Å². The number of halogens is 4. The zero-order chi connectivity index (χ0) is 18.0. The van der Waals surface area contributed by atoms with E-state index in [1.165, 1.54) is 12.1 Å². The maximum Gasteiger partial charge on any atom is 0.433 e. The molecule has 5 nitrogen and oxygen atoms in total. The molecule has 25 heavy (non-hydrogen) atoms. The number of aromatic nitrogens is 3. The van der Waals surface area contributed by atoms with Gasteiger partial charge in [0.1, 0.15) is 11.3 Å². The van der Waals surface area contributed by atoms with E-state index in [1.807, 2.05) is 6.07 Å². The van der Waals surface area contributed by atoms with E-state index in [0.717, 1.165) is 10.7 Å². The van der Waals surface area contributed by atoms with Crippen LogP contribution in [0.25, 0.3) is 5.65 Å². The van der Waals surface area contributed by atoms with Gasteiger partial charge in [-0.1, -0.05) is 6.07 Å². The lowest BCUT2D eigenvalue weighted by atomic mass is 10.2. The predicted octanol–water partition coefficient (Wildman–Crippen LogP) is 3.37. The predicted molar refractivity (Wildman–Crippen MR) is 87.7 cm³/mol. The number of hydrogen-bond donors (Lipinski definition) is 1. The number of fused-ring (bicyclic) bond motifs is 1. The molecule has 0 atom stereocenters. The van der Waals surface area contributed by atoms with Gasteiger partial charge in [0.05, 0.1) is 12.1 Å². The lowest BCUT2D eigenvalue weighted by molar-refractivity contribution is -0.142. The number of nitrogens with one attached hydrogen (secondary N) is 1. The molecule has 0 aliphatic rings. The van der Waals surface area contributed by atoms with Crippen molar-refractivity contribution in [1.29, 1.82) is 0 Å². The van der Waals surface area contributed by atoms with E-state index < -0.39 is 17.8 Å². The first-order valence-electron chi connectivity index (χ1n) is 7.24. The van der Waals surface area contributed by atoms with Crippen molar-refractivity contribution in [3.63, 3.8) is 0 Å². The fourth-order valence-corrected chi connectivity index (χ4v) is 2.73. The summed E-state index contributed by atoms with van der Waals surface area (Å²) in [7, 11) is 0. The van der Waals surface area contributed by atoms with E-state index in [1.54, 1.807) is 22.9 Å². The van der Waals surface area contributed by atoms with E-state index in [0.29, 0.717) is 11.3 Å². The van der Waals surface area contributed by atoms with E-state index in [9.17, 15) is 18.0 Å². The van der Waals surface area contributed by atoms with Crippen LogP contribution in [0, 0.1) is 0 Å². The number of nitrogens with zero attached hydrogens (tertiary/aromatic N) is 3. The van der Waals surface area contributed by atoms with Gasteiger partial charge in [0.2, 0.25) is 5.91 Å². The van der Waals surface area contributed by atoms with E-state index in [-0.39, 0.29) is 18.5 Å².